The number of carbonyl (C=O) groups excluding carboxylic acids is 1. The molecular weight excluding hydrogens is 344 g/mol. The summed E-state index contributed by atoms with van der Waals surface area (Å²) >= 11 is 0. The SMILES string of the molecule is CN(Cc1cccc(C#N)c1)C(=O)c1cc([N+](=O)[O-])ccc1N1CCCC1. The zero-order valence-electron chi connectivity index (χ0n) is 15.1. The highest BCUT2D eigenvalue weighted by molar-refractivity contribution is 6.00. The second-order valence-electron chi connectivity index (χ2n) is 6.63. The van der Waals surface area contributed by atoms with Gasteiger partial charge < -0.3 is 9.80 Å². The summed E-state index contributed by atoms with van der Waals surface area (Å²) in [7, 11) is 1.66. The van der Waals surface area contributed by atoms with E-state index in [4.69, 9.17) is 5.26 Å². The number of hydrogen-bond donors (Lipinski definition) is 0. The minimum atomic E-state index is -0.485. The largest absolute Gasteiger partial charge is 0.371 e. The molecule has 1 amide bonds. The molecule has 27 heavy (non-hydrogen) atoms. The number of non-ortho nitro benzene ring substituents is 1. The van der Waals surface area contributed by atoms with Crippen LogP contribution in [-0.4, -0.2) is 35.9 Å². The van der Waals surface area contributed by atoms with Crippen LogP contribution < -0.4 is 4.90 Å². The van der Waals surface area contributed by atoms with Crippen LogP contribution in [-0.2, 0) is 6.54 Å². The molecule has 0 radical (unpaired) electrons. The van der Waals surface area contributed by atoms with Crippen molar-refractivity contribution in [3.63, 3.8) is 0 Å². The van der Waals surface area contributed by atoms with Gasteiger partial charge in [-0.2, -0.15) is 5.26 Å². The topological polar surface area (TPSA) is 90.5 Å². The minimum Gasteiger partial charge on any atom is -0.371 e. The fraction of sp³-hybridized carbons (Fsp3) is 0.300. The normalized spacial score (nSPS) is 13.3. The standard InChI is InChI=1S/C20H20N4O3/c1-22(14-16-6-4-5-15(11-16)13-21)20(25)18-12-17(24(26)27)7-8-19(18)23-9-2-3-10-23/h4-8,11-12H,2-3,9-10,14H2,1H3. The smallest absolute Gasteiger partial charge is 0.270 e. The van der Waals surface area contributed by atoms with Crippen LogP contribution >= 0.6 is 0 Å². The highest BCUT2D eigenvalue weighted by Gasteiger charge is 2.24. The molecule has 0 bridgehead atoms. The van der Waals surface area contributed by atoms with Crippen LogP contribution in [0.25, 0.3) is 0 Å². The molecule has 3 rings (SSSR count). The number of carbonyl (C=O) groups is 1. The van der Waals surface area contributed by atoms with Crippen molar-refractivity contribution in [2.75, 3.05) is 25.0 Å². The Hall–Kier alpha value is -3.40. The molecule has 0 N–H and O–H groups in total. The number of nitro benzene ring substituents is 1. The van der Waals surface area contributed by atoms with Gasteiger partial charge in [-0.25, -0.2) is 0 Å². The molecule has 0 atom stereocenters. The second-order valence-corrected chi connectivity index (χ2v) is 6.63. The first kappa shape index (κ1) is 18.4. The molecule has 1 heterocycles. The van der Waals surface area contributed by atoms with E-state index >= 15 is 0 Å². The molecule has 0 unspecified atom stereocenters. The zero-order valence-corrected chi connectivity index (χ0v) is 15.1. The van der Waals surface area contributed by atoms with E-state index in [0.29, 0.717) is 17.7 Å². The Balaban J connectivity index is 1.90. The maximum absolute atomic E-state index is 13.1. The van der Waals surface area contributed by atoms with Crippen LogP contribution in [0.5, 0.6) is 0 Å². The van der Waals surface area contributed by atoms with Crippen LogP contribution in [0.4, 0.5) is 11.4 Å². The number of rotatable bonds is 5. The molecular formula is C20H20N4O3. The van der Waals surface area contributed by atoms with Crippen LogP contribution in [0.3, 0.4) is 0 Å². The Kier molecular flexibility index (Phi) is 5.36. The third-order valence-corrected chi connectivity index (χ3v) is 4.69. The summed E-state index contributed by atoms with van der Waals surface area (Å²) in [4.78, 5) is 27.4. The van der Waals surface area contributed by atoms with Gasteiger partial charge in [-0.3, -0.25) is 14.9 Å². The van der Waals surface area contributed by atoms with Crippen molar-refractivity contribution in [1.82, 2.24) is 4.90 Å². The summed E-state index contributed by atoms with van der Waals surface area (Å²) in [6.07, 6.45) is 2.09. The van der Waals surface area contributed by atoms with Crippen LogP contribution in [0.2, 0.25) is 0 Å². The fourth-order valence-corrected chi connectivity index (χ4v) is 3.33. The van der Waals surface area contributed by atoms with E-state index < -0.39 is 4.92 Å². The fourth-order valence-electron chi connectivity index (χ4n) is 3.33. The summed E-state index contributed by atoms with van der Waals surface area (Å²) in [5.74, 6) is -0.275. The van der Waals surface area contributed by atoms with Gasteiger partial charge in [-0.1, -0.05) is 12.1 Å². The highest BCUT2D eigenvalue weighted by atomic mass is 16.6. The Morgan fingerprint density at radius 3 is 2.67 bits per heavy atom. The van der Waals surface area contributed by atoms with Gasteiger partial charge in [0, 0.05) is 38.8 Å². The van der Waals surface area contributed by atoms with Crippen molar-refractivity contribution < 1.29 is 9.72 Å². The van der Waals surface area contributed by atoms with Gasteiger partial charge in [0.2, 0.25) is 0 Å². The first-order chi connectivity index (χ1) is 13.0. The number of nitro groups is 1. The zero-order chi connectivity index (χ0) is 19.4. The summed E-state index contributed by atoms with van der Waals surface area (Å²) in [5.41, 5.74) is 2.34. The Morgan fingerprint density at radius 2 is 2.00 bits per heavy atom. The molecule has 2 aromatic carbocycles. The Bertz CT molecular complexity index is 914. The van der Waals surface area contributed by atoms with E-state index in [1.807, 2.05) is 6.07 Å². The Labute approximate surface area is 157 Å². The second kappa shape index (κ2) is 7.87. The predicted molar refractivity (Wildman–Crippen MR) is 101 cm³/mol. The summed E-state index contributed by atoms with van der Waals surface area (Å²) in [6, 6.07) is 13.6. The molecule has 0 spiro atoms. The van der Waals surface area contributed by atoms with Gasteiger partial charge in [0.1, 0.15) is 0 Å². The summed E-state index contributed by atoms with van der Waals surface area (Å²) < 4.78 is 0. The molecule has 7 heteroatoms. The summed E-state index contributed by atoms with van der Waals surface area (Å²) in [5, 5.41) is 20.2. The van der Waals surface area contributed by atoms with Crippen LogP contribution in [0.1, 0.15) is 34.3 Å². The predicted octanol–water partition coefficient (Wildman–Crippen LogP) is 3.34. The quantitative estimate of drug-likeness (QED) is 0.599. The van der Waals surface area contributed by atoms with Crippen molar-refractivity contribution in [3.8, 4) is 6.07 Å². The van der Waals surface area contributed by atoms with Crippen molar-refractivity contribution in [1.29, 1.82) is 5.26 Å². The van der Waals surface area contributed by atoms with Crippen molar-refractivity contribution >= 4 is 17.3 Å². The molecule has 1 aliphatic rings. The first-order valence-electron chi connectivity index (χ1n) is 8.77. The van der Waals surface area contributed by atoms with Crippen molar-refractivity contribution in [2.24, 2.45) is 0 Å². The van der Waals surface area contributed by atoms with E-state index in [2.05, 4.69) is 11.0 Å². The lowest BCUT2D eigenvalue weighted by Gasteiger charge is -2.24. The van der Waals surface area contributed by atoms with E-state index in [1.54, 1.807) is 31.3 Å². The molecule has 0 saturated carbocycles. The minimum absolute atomic E-state index is 0.0961. The van der Waals surface area contributed by atoms with E-state index in [9.17, 15) is 14.9 Å². The van der Waals surface area contributed by atoms with Crippen molar-refractivity contribution in [3.05, 3.63) is 69.3 Å². The third-order valence-electron chi connectivity index (χ3n) is 4.69. The van der Waals surface area contributed by atoms with Gasteiger partial charge in [0.25, 0.3) is 11.6 Å². The molecule has 1 saturated heterocycles. The molecule has 138 valence electrons. The number of benzene rings is 2. The van der Waals surface area contributed by atoms with Gasteiger partial charge >= 0.3 is 0 Å². The monoisotopic (exact) mass is 364 g/mol. The molecule has 0 aliphatic carbocycles. The van der Waals surface area contributed by atoms with E-state index in [-0.39, 0.29) is 11.6 Å². The highest BCUT2D eigenvalue weighted by Crippen LogP contribution is 2.29. The molecule has 1 aliphatic heterocycles. The Morgan fingerprint density at radius 1 is 1.26 bits per heavy atom. The number of amides is 1. The average Bonchev–Trinajstić information content (AvgIpc) is 3.21. The average molecular weight is 364 g/mol. The van der Waals surface area contributed by atoms with Gasteiger partial charge in [-0.05, 0) is 36.6 Å². The maximum Gasteiger partial charge on any atom is 0.270 e. The summed E-state index contributed by atoms with van der Waals surface area (Å²) in [6.45, 7) is 1.99. The lowest BCUT2D eigenvalue weighted by Crippen LogP contribution is -2.29. The molecule has 1 fully saturated rings. The van der Waals surface area contributed by atoms with Gasteiger partial charge in [0.15, 0.2) is 0 Å². The van der Waals surface area contributed by atoms with Gasteiger partial charge in [-0.15, -0.1) is 0 Å². The molecule has 0 aromatic heterocycles. The van der Waals surface area contributed by atoms with Crippen molar-refractivity contribution in [2.45, 2.75) is 19.4 Å². The lowest BCUT2D eigenvalue weighted by molar-refractivity contribution is -0.384. The number of nitriles is 1. The number of anilines is 1. The number of nitrogens with zero attached hydrogens (tertiary/aromatic N) is 4. The third kappa shape index (κ3) is 4.06. The first-order valence-corrected chi connectivity index (χ1v) is 8.77. The maximum atomic E-state index is 13.1. The molecule has 7 nitrogen and oxygen atoms in total. The van der Waals surface area contributed by atoms with Crippen LogP contribution in [0, 0.1) is 21.4 Å². The lowest BCUT2D eigenvalue weighted by atomic mass is 10.1. The van der Waals surface area contributed by atoms with Crippen LogP contribution in [0.15, 0.2) is 42.5 Å². The van der Waals surface area contributed by atoms with E-state index in [0.717, 1.165) is 37.2 Å². The number of hydrogen-bond acceptors (Lipinski definition) is 5. The van der Waals surface area contributed by atoms with E-state index in [1.165, 1.54) is 17.0 Å². The van der Waals surface area contributed by atoms with Gasteiger partial charge in [0.05, 0.1) is 27.8 Å². The molecule has 2 aromatic rings.